The van der Waals surface area contributed by atoms with E-state index in [1.807, 2.05) is 31.3 Å². The zero-order chi connectivity index (χ0) is 8.69. The van der Waals surface area contributed by atoms with Crippen LogP contribution in [-0.4, -0.2) is 24.9 Å². The molecule has 11 heavy (non-hydrogen) atoms. The molecule has 0 spiro atoms. The first-order valence-electron chi connectivity index (χ1n) is 3.49. The molecule has 0 aromatic heterocycles. The fraction of sp³-hybridized carbons (Fsp3) is 0.571. The minimum absolute atomic E-state index is 0.131. The molecule has 0 unspecified atom stereocenters. The van der Waals surface area contributed by atoms with Crippen LogP contribution in [0.3, 0.4) is 0 Å². The first-order chi connectivity index (χ1) is 5.16. The summed E-state index contributed by atoms with van der Waals surface area (Å²) in [7, 11) is 3.86. The van der Waals surface area contributed by atoms with Crippen LogP contribution in [0.25, 0.3) is 0 Å². The Labute approximate surface area is 67.0 Å². The van der Waals surface area contributed by atoms with Gasteiger partial charge in [-0.05, 0) is 12.6 Å². The van der Waals surface area contributed by atoms with Crippen molar-refractivity contribution in [3.8, 4) is 0 Å². The van der Waals surface area contributed by atoms with Crippen molar-refractivity contribution in [3.05, 3.63) is 12.3 Å². The molecule has 4 heteroatoms. The molecule has 0 heterocycles. The van der Waals surface area contributed by atoms with Crippen molar-refractivity contribution < 1.29 is 4.79 Å². The summed E-state index contributed by atoms with van der Waals surface area (Å²) in [5, 5.41) is 0. The highest BCUT2D eigenvalue weighted by Crippen LogP contribution is 1.90. The van der Waals surface area contributed by atoms with E-state index in [-0.39, 0.29) is 5.91 Å². The number of hydrazine groups is 1. The zero-order valence-electron chi connectivity index (χ0n) is 7.00. The van der Waals surface area contributed by atoms with Gasteiger partial charge >= 0.3 is 0 Å². The van der Waals surface area contributed by atoms with E-state index < -0.39 is 0 Å². The van der Waals surface area contributed by atoms with Crippen molar-refractivity contribution in [1.82, 2.24) is 10.3 Å². The molecule has 0 aliphatic rings. The molecule has 0 aliphatic carbocycles. The van der Waals surface area contributed by atoms with Gasteiger partial charge < -0.3 is 4.90 Å². The molecule has 0 radical (unpaired) electrons. The minimum atomic E-state index is -0.131. The second kappa shape index (κ2) is 5.73. The van der Waals surface area contributed by atoms with Crippen LogP contribution in [0.2, 0.25) is 0 Å². The lowest BCUT2D eigenvalue weighted by molar-refractivity contribution is -0.121. The lowest BCUT2D eigenvalue weighted by atomic mass is 10.3. The molecular weight excluding hydrogens is 142 g/mol. The Morgan fingerprint density at radius 1 is 1.64 bits per heavy atom. The first-order valence-corrected chi connectivity index (χ1v) is 3.49. The Morgan fingerprint density at radius 3 is 2.73 bits per heavy atom. The summed E-state index contributed by atoms with van der Waals surface area (Å²) >= 11 is 0. The standard InChI is InChI=1S/C7H15N3O/c1-10(2)6-4-3-5-7(11)9-8/h4,6H,3,5,8H2,1-2H3,(H,9,11)/b6-4+. The molecule has 1 amide bonds. The second-order valence-electron chi connectivity index (χ2n) is 2.45. The van der Waals surface area contributed by atoms with Gasteiger partial charge in [-0.25, -0.2) is 5.84 Å². The van der Waals surface area contributed by atoms with Crippen LogP contribution >= 0.6 is 0 Å². The molecule has 0 rings (SSSR count). The third-order valence-corrected chi connectivity index (χ3v) is 1.10. The molecular formula is C7H15N3O. The van der Waals surface area contributed by atoms with Gasteiger partial charge in [0, 0.05) is 20.5 Å². The maximum atomic E-state index is 10.6. The van der Waals surface area contributed by atoms with Gasteiger partial charge in [-0.2, -0.15) is 0 Å². The molecule has 0 saturated heterocycles. The van der Waals surface area contributed by atoms with Crippen molar-refractivity contribution in [1.29, 1.82) is 0 Å². The predicted molar refractivity (Wildman–Crippen MR) is 44.4 cm³/mol. The number of amides is 1. The number of nitrogens with two attached hydrogens (primary N) is 1. The van der Waals surface area contributed by atoms with Gasteiger partial charge in [0.05, 0.1) is 0 Å². The minimum Gasteiger partial charge on any atom is -0.384 e. The third kappa shape index (κ3) is 6.86. The first kappa shape index (κ1) is 9.97. The molecule has 0 saturated carbocycles. The Kier molecular flexibility index (Phi) is 5.20. The van der Waals surface area contributed by atoms with E-state index in [2.05, 4.69) is 5.43 Å². The Balaban J connectivity index is 3.34. The molecule has 0 atom stereocenters. The van der Waals surface area contributed by atoms with Crippen LogP contribution < -0.4 is 11.3 Å². The number of hydrogen-bond donors (Lipinski definition) is 2. The summed E-state index contributed by atoms with van der Waals surface area (Å²) in [6.45, 7) is 0. The van der Waals surface area contributed by atoms with Crippen LogP contribution in [0.15, 0.2) is 12.3 Å². The van der Waals surface area contributed by atoms with Crippen molar-refractivity contribution >= 4 is 5.91 Å². The van der Waals surface area contributed by atoms with Gasteiger partial charge in [0.2, 0.25) is 5.91 Å². The number of carbonyl (C=O) groups is 1. The van der Waals surface area contributed by atoms with E-state index in [1.54, 1.807) is 0 Å². The number of hydrogen-bond acceptors (Lipinski definition) is 3. The average molecular weight is 157 g/mol. The van der Waals surface area contributed by atoms with Crippen molar-refractivity contribution in [3.63, 3.8) is 0 Å². The normalized spacial score (nSPS) is 10.1. The van der Waals surface area contributed by atoms with Crippen LogP contribution in [0.5, 0.6) is 0 Å². The summed E-state index contributed by atoms with van der Waals surface area (Å²) < 4.78 is 0. The Hall–Kier alpha value is -1.03. The summed E-state index contributed by atoms with van der Waals surface area (Å²) in [6, 6.07) is 0. The maximum absolute atomic E-state index is 10.6. The summed E-state index contributed by atoms with van der Waals surface area (Å²) in [6.07, 6.45) is 5.00. The number of carbonyl (C=O) groups excluding carboxylic acids is 1. The highest BCUT2D eigenvalue weighted by atomic mass is 16.2. The van der Waals surface area contributed by atoms with Gasteiger partial charge in [-0.1, -0.05) is 6.08 Å². The lowest BCUT2D eigenvalue weighted by Gasteiger charge is -2.02. The SMILES string of the molecule is CN(C)/C=C/CCC(=O)NN. The Bertz CT molecular complexity index is 143. The van der Waals surface area contributed by atoms with E-state index in [4.69, 9.17) is 5.84 Å². The molecule has 0 aromatic carbocycles. The molecule has 64 valence electrons. The van der Waals surface area contributed by atoms with Gasteiger partial charge in [-0.3, -0.25) is 10.2 Å². The second-order valence-corrected chi connectivity index (χ2v) is 2.45. The highest BCUT2D eigenvalue weighted by molar-refractivity contribution is 5.75. The fourth-order valence-corrected chi connectivity index (χ4v) is 0.572. The highest BCUT2D eigenvalue weighted by Gasteiger charge is 1.93. The van der Waals surface area contributed by atoms with Gasteiger partial charge in [0.25, 0.3) is 0 Å². The van der Waals surface area contributed by atoms with Crippen molar-refractivity contribution in [2.75, 3.05) is 14.1 Å². The average Bonchev–Trinajstić information content (AvgIpc) is 1.97. The number of allylic oxidation sites excluding steroid dienone is 1. The van der Waals surface area contributed by atoms with Crippen molar-refractivity contribution in [2.24, 2.45) is 5.84 Å². The third-order valence-electron chi connectivity index (χ3n) is 1.10. The monoisotopic (exact) mass is 157 g/mol. The van der Waals surface area contributed by atoms with Gasteiger partial charge in [-0.15, -0.1) is 0 Å². The molecule has 0 fully saturated rings. The van der Waals surface area contributed by atoms with E-state index in [0.717, 1.165) is 6.42 Å². The lowest BCUT2D eigenvalue weighted by Crippen LogP contribution is -2.29. The van der Waals surface area contributed by atoms with Crippen molar-refractivity contribution in [2.45, 2.75) is 12.8 Å². The summed E-state index contributed by atoms with van der Waals surface area (Å²) in [4.78, 5) is 12.5. The quantitative estimate of drug-likeness (QED) is 0.338. The van der Waals surface area contributed by atoms with E-state index in [9.17, 15) is 4.79 Å². The zero-order valence-corrected chi connectivity index (χ0v) is 7.00. The van der Waals surface area contributed by atoms with E-state index in [0.29, 0.717) is 6.42 Å². The molecule has 3 N–H and O–H groups in total. The smallest absolute Gasteiger partial charge is 0.234 e. The molecule has 0 bridgehead atoms. The topological polar surface area (TPSA) is 58.4 Å². The van der Waals surface area contributed by atoms with Crippen LogP contribution in [-0.2, 0) is 4.79 Å². The van der Waals surface area contributed by atoms with E-state index >= 15 is 0 Å². The number of nitrogens with zero attached hydrogens (tertiary/aromatic N) is 1. The molecule has 4 nitrogen and oxygen atoms in total. The van der Waals surface area contributed by atoms with Crippen LogP contribution in [0.1, 0.15) is 12.8 Å². The molecule has 0 aliphatic heterocycles. The molecule has 0 aromatic rings. The van der Waals surface area contributed by atoms with Gasteiger partial charge in [0.15, 0.2) is 0 Å². The maximum Gasteiger partial charge on any atom is 0.234 e. The van der Waals surface area contributed by atoms with Crippen LogP contribution in [0, 0.1) is 0 Å². The van der Waals surface area contributed by atoms with Crippen LogP contribution in [0.4, 0.5) is 0 Å². The predicted octanol–water partition coefficient (Wildman–Crippen LogP) is -0.168. The fourth-order valence-electron chi connectivity index (χ4n) is 0.572. The largest absolute Gasteiger partial charge is 0.384 e. The summed E-state index contributed by atoms with van der Waals surface area (Å²) in [5.41, 5.74) is 2.07. The number of rotatable bonds is 4. The number of nitrogens with one attached hydrogen (secondary N) is 1. The Morgan fingerprint density at radius 2 is 2.27 bits per heavy atom. The van der Waals surface area contributed by atoms with Gasteiger partial charge in [0.1, 0.15) is 0 Å². The summed E-state index contributed by atoms with van der Waals surface area (Å²) in [5.74, 6) is 4.75. The van der Waals surface area contributed by atoms with E-state index in [1.165, 1.54) is 0 Å².